The van der Waals surface area contributed by atoms with E-state index in [0.29, 0.717) is 17.5 Å². The molecule has 3 rings (SSSR count). The van der Waals surface area contributed by atoms with E-state index in [2.05, 4.69) is 10.1 Å². The van der Waals surface area contributed by atoms with Gasteiger partial charge in [-0.15, -0.1) is 0 Å². The lowest BCUT2D eigenvalue weighted by molar-refractivity contribution is 0.353. The first-order chi connectivity index (χ1) is 9.54. The summed E-state index contributed by atoms with van der Waals surface area (Å²) in [6.07, 6.45) is 2.94. The van der Waals surface area contributed by atoms with Crippen molar-refractivity contribution in [2.75, 3.05) is 0 Å². The highest BCUT2D eigenvalue weighted by Crippen LogP contribution is 2.34. The Morgan fingerprint density at radius 2 is 1.95 bits per heavy atom. The summed E-state index contributed by atoms with van der Waals surface area (Å²) in [7, 11) is 0. The predicted octanol–water partition coefficient (Wildman–Crippen LogP) is 2.65. The van der Waals surface area contributed by atoms with Crippen LogP contribution in [-0.2, 0) is 0 Å². The summed E-state index contributed by atoms with van der Waals surface area (Å²) in [5.74, 6) is 1.85. The summed E-state index contributed by atoms with van der Waals surface area (Å²) in [6, 6.07) is 3.99. The fourth-order valence-corrected chi connectivity index (χ4v) is 2.84. The monoisotopic (exact) mass is 273 g/mol. The van der Waals surface area contributed by atoms with Crippen molar-refractivity contribution in [1.82, 2.24) is 10.1 Å². The number of nitrogens with zero attached hydrogens (tertiary/aromatic N) is 2. The number of phenols is 1. The largest absolute Gasteiger partial charge is 0.507 e. The van der Waals surface area contributed by atoms with Gasteiger partial charge in [-0.3, -0.25) is 0 Å². The lowest BCUT2D eigenvalue weighted by Gasteiger charge is -2.05. The van der Waals surface area contributed by atoms with Crippen molar-refractivity contribution < 1.29 is 9.63 Å². The van der Waals surface area contributed by atoms with E-state index in [1.54, 1.807) is 0 Å². The molecule has 3 N–H and O–H groups in total. The van der Waals surface area contributed by atoms with Gasteiger partial charge in [0.1, 0.15) is 5.75 Å². The van der Waals surface area contributed by atoms with Crippen molar-refractivity contribution in [1.29, 1.82) is 0 Å². The van der Waals surface area contributed by atoms with Gasteiger partial charge in [-0.2, -0.15) is 4.98 Å². The second-order valence-electron chi connectivity index (χ2n) is 5.68. The molecule has 0 saturated heterocycles. The van der Waals surface area contributed by atoms with Crippen LogP contribution in [0.2, 0.25) is 0 Å². The molecule has 5 heteroatoms. The maximum Gasteiger partial charge on any atom is 0.230 e. The number of hydrogen-bond acceptors (Lipinski definition) is 5. The molecular formula is C15H19N3O2. The smallest absolute Gasteiger partial charge is 0.230 e. The SMILES string of the molecule is Cc1cc(-c2noc(C3CCC(N)C3)n2)cc(C)c1O. The van der Waals surface area contributed by atoms with Gasteiger partial charge in [0.2, 0.25) is 11.7 Å². The van der Waals surface area contributed by atoms with E-state index in [0.717, 1.165) is 36.0 Å². The number of aryl methyl sites for hydroxylation is 2. The molecule has 1 heterocycles. The molecule has 0 aliphatic heterocycles. The lowest BCUT2D eigenvalue weighted by atomic mass is 10.1. The van der Waals surface area contributed by atoms with Crippen molar-refractivity contribution in [2.24, 2.45) is 5.73 Å². The van der Waals surface area contributed by atoms with Gasteiger partial charge in [0.25, 0.3) is 0 Å². The van der Waals surface area contributed by atoms with Crippen LogP contribution >= 0.6 is 0 Å². The van der Waals surface area contributed by atoms with E-state index < -0.39 is 0 Å². The van der Waals surface area contributed by atoms with Crippen molar-refractivity contribution in [3.05, 3.63) is 29.2 Å². The fourth-order valence-electron chi connectivity index (χ4n) is 2.84. The normalized spacial score (nSPS) is 22.4. The molecule has 20 heavy (non-hydrogen) atoms. The van der Waals surface area contributed by atoms with Crippen LogP contribution in [0.15, 0.2) is 16.7 Å². The zero-order valence-corrected chi connectivity index (χ0v) is 11.8. The van der Waals surface area contributed by atoms with Gasteiger partial charge >= 0.3 is 0 Å². The molecule has 1 fully saturated rings. The highest BCUT2D eigenvalue weighted by atomic mass is 16.5. The lowest BCUT2D eigenvalue weighted by Crippen LogP contribution is -2.14. The van der Waals surface area contributed by atoms with E-state index in [1.807, 2.05) is 26.0 Å². The van der Waals surface area contributed by atoms with Gasteiger partial charge in [0.05, 0.1) is 0 Å². The van der Waals surface area contributed by atoms with Gasteiger partial charge in [-0.25, -0.2) is 0 Å². The first kappa shape index (κ1) is 13.1. The highest BCUT2D eigenvalue weighted by Gasteiger charge is 2.28. The zero-order valence-electron chi connectivity index (χ0n) is 11.8. The molecule has 1 aromatic carbocycles. The average Bonchev–Trinajstić information content (AvgIpc) is 3.03. The molecular weight excluding hydrogens is 254 g/mol. The first-order valence-electron chi connectivity index (χ1n) is 6.94. The van der Waals surface area contributed by atoms with Crippen LogP contribution in [0.3, 0.4) is 0 Å². The third-order valence-electron chi connectivity index (χ3n) is 4.01. The van der Waals surface area contributed by atoms with Gasteiger partial charge < -0.3 is 15.4 Å². The average molecular weight is 273 g/mol. The molecule has 1 aliphatic rings. The van der Waals surface area contributed by atoms with Crippen molar-refractivity contribution in [3.8, 4) is 17.1 Å². The molecule has 0 spiro atoms. The van der Waals surface area contributed by atoms with Crippen LogP contribution in [0.1, 0.15) is 42.2 Å². The Morgan fingerprint density at radius 3 is 2.55 bits per heavy atom. The first-order valence-corrected chi connectivity index (χ1v) is 6.94. The number of rotatable bonds is 2. The predicted molar refractivity (Wildman–Crippen MR) is 75.4 cm³/mol. The second kappa shape index (κ2) is 4.90. The van der Waals surface area contributed by atoms with Crippen molar-refractivity contribution >= 4 is 0 Å². The van der Waals surface area contributed by atoms with Gasteiger partial charge in [-0.1, -0.05) is 5.16 Å². The Kier molecular flexibility index (Phi) is 3.22. The fraction of sp³-hybridized carbons (Fsp3) is 0.467. The van der Waals surface area contributed by atoms with Crippen LogP contribution in [0, 0.1) is 13.8 Å². The third-order valence-corrected chi connectivity index (χ3v) is 4.01. The summed E-state index contributed by atoms with van der Waals surface area (Å²) in [6.45, 7) is 3.73. The van der Waals surface area contributed by atoms with Gasteiger partial charge in [-0.05, 0) is 56.4 Å². The van der Waals surface area contributed by atoms with E-state index in [9.17, 15) is 5.11 Å². The van der Waals surface area contributed by atoms with Gasteiger partial charge in [0.15, 0.2) is 0 Å². The molecule has 1 aliphatic carbocycles. The minimum absolute atomic E-state index is 0.244. The standard InChI is InChI=1S/C15H19N3O2/c1-8-5-11(6-9(2)13(8)19)14-17-15(20-18-14)10-3-4-12(16)7-10/h5-6,10,12,19H,3-4,7,16H2,1-2H3. The van der Waals surface area contributed by atoms with Crippen molar-refractivity contribution in [3.63, 3.8) is 0 Å². The maximum atomic E-state index is 9.81. The maximum absolute atomic E-state index is 9.81. The molecule has 1 saturated carbocycles. The van der Waals surface area contributed by atoms with Crippen molar-refractivity contribution in [2.45, 2.75) is 45.1 Å². The van der Waals surface area contributed by atoms with Gasteiger partial charge in [0, 0.05) is 17.5 Å². The van der Waals surface area contributed by atoms with Crippen LogP contribution in [0.5, 0.6) is 5.75 Å². The van der Waals surface area contributed by atoms with Crippen LogP contribution in [0.4, 0.5) is 0 Å². The van der Waals surface area contributed by atoms with Crippen LogP contribution < -0.4 is 5.73 Å². The quantitative estimate of drug-likeness (QED) is 0.878. The number of aromatic nitrogens is 2. The Bertz CT molecular complexity index is 613. The molecule has 1 aromatic heterocycles. The number of nitrogens with two attached hydrogens (primary N) is 1. The summed E-state index contributed by atoms with van der Waals surface area (Å²) in [4.78, 5) is 4.49. The van der Waals surface area contributed by atoms with Crippen LogP contribution in [0.25, 0.3) is 11.4 Å². The minimum atomic E-state index is 0.244. The highest BCUT2D eigenvalue weighted by molar-refractivity contribution is 5.60. The Balaban J connectivity index is 1.90. The summed E-state index contributed by atoms with van der Waals surface area (Å²) in [5, 5.41) is 13.9. The second-order valence-corrected chi connectivity index (χ2v) is 5.68. The molecule has 0 radical (unpaired) electrons. The molecule has 0 bridgehead atoms. The molecule has 0 amide bonds. The molecule has 5 nitrogen and oxygen atoms in total. The van der Waals surface area contributed by atoms with E-state index in [1.165, 1.54) is 0 Å². The summed E-state index contributed by atoms with van der Waals surface area (Å²) >= 11 is 0. The zero-order chi connectivity index (χ0) is 14.3. The molecule has 106 valence electrons. The minimum Gasteiger partial charge on any atom is -0.507 e. The number of phenolic OH excluding ortho intramolecular Hbond substituents is 1. The van der Waals surface area contributed by atoms with E-state index in [-0.39, 0.29) is 12.0 Å². The molecule has 2 unspecified atom stereocenters. The summed E-state index contributed by atoms with van der Waals surface area (Å²) in [5.41, 5.74) is 8.42. The topological polar surface area (TPSA) is 85.2 Å². The third kappa shape index (κ3) is 2.29. The Morgan fingerprint density at radius 1 is 1.25 bits per heavy atom. The van der Waals surface area contributed by atoms with E-state index in [4.69, 9.17) is 10.3 Å². The molecule has 2 aromatic rings. The van der Waals surface area contributed by atoms with E-state index >= 15 is 0 Å². The molecule has 2 atom stereocenters. The summed E-state index contributed by atoms with van der Waals surface area (Å²) < 4.78 is 5.38. The number of hydrogen-bond donors (Lipinski definition) is 2. The number of benzene rings is 1. The van der Waals surface area contributed by atoms with Crippen LogP contribution in [-0.4, -0.2) is 21.3 Å². The number of aromatic hydroxyl groups is 1. The Hall–Kier alpha value is -1.88. The Labute approximate surface area is 117 Å².